The number of rotatable bonds is 3. The highest BCUT2D eigenvalue weighted by Crippen LogP contribution is 2.23. The molecule has 0 aromatic carbocycles. The van der Waals surface area contributed by atoms with Gasteiger partial charge in [-0.25, -0.2) is 4.52 Å². The molecule has 3 heteroatoms. The van der Waals surface area contributed by atoms with E-state index in [0.717, 1.165) is 12.5 Å². The molecule has 0 saturated heterocycles. The van der Waals surface area contributed by atoms with Gasteiger partial charge in [0.1, 0.15) is 0 Å². The first-order valence-electron chi connectivity index (χ1n) is 7.47. The van der Waals surface area contributed by atoms with Gasteiger partial charge < -0.3 is 5.32 Å². The van der Waals surface area contributed by atoms with Crippen molar-refractivity contribution in [1.29, 1.82) is 0 Å². The molecule has 1 fully saturated rings. The third-order valence-corrected chi connectivity index (χ3v) is 4.34. The predicted molar refractivity (Wildman–Crippen MR) is 78.1 cm³/mol. The van der Waals surface area contributed by atoms with Crippen molar-refractivity contribution in [3.05, 3.63) is 36.2 Å². The number of pyridine rings is 1. The van der Waals surface area contributed by atoms with Crippen LogP contribution in [0, 0.1) is 5.92 Å². The molecule has 2 aromatic heterocycles. The van der Waals surface area contributed by atoms with Crippen molar-refractivity contribution in [3.8, 4) is 0 Å². The summed E-state index contributed by atoms with van der Waals surface area (Å²) in [6.07, 6.45) is 10.8. The Bertz CT molecular complexity index is 532. The van der Waals surface area contributed by atoms with Crippen LogP contribution in [0.1, 0.15) is 44.6 Å². The molecule has 1 saturated carbocycles. The van der Waals surface area contributed by atoms with Gasteiger partial charge in [0.15, 0.2) is 0 Å². The number of hydrogen-bond acceptors (Lipinski definition) is 2. The number of nitrogens with one attached hydrogen (secondary N) is 1. The molecule has 19 heavy (non-hydrogen) atoms. The zero-order valence-electron chi connectivity index (χ0n) is 11.7. The first-order chi connectivity index (χ1) is 9.33. The maximum atomic E-state index is 4.39. The van der Waals surface area contributed by atoms with Gasteiger partial charge in [0, 0.05) is 24.3 Å². The first kappa shape index (κ1) is 12.7. The molecule has 1 N–H and O–H groups in total. The van der Waals surface area contributed by atoms with E-state index in [4.69, 9.17) is 0 Å². The third kappa shape index (κ3) is 2.98. The average molecular weight is 257 g/mol. The van der Waals surface area contributed by atoms with E-state index in [1.807, 2.05) is 23.0 Å². The van der Waals surface area contributed by atoms with E-state index in [2.05, 4.69) is 29.5 Å². The van der Waals surface area contributed by atoms with E-state index in [-0.39, 0.29) is 0 Å². The molecule has 1 aliphatic rings. The van der Waals surface area contributed by atoms with Crippen LogP contribution in [0.2, 0.25) is 0 Å². The zero-order chi connectivity index (χ0) is 13.1. The average Bonchev–Trinajstić information content (AvgIpc) is 2.73. The van der Waals surface area contributed by atoms with Crippen molar-refractivity contribution in [2.24, 2.45) is 5.92 Å². The summed E-state index contributed by atoms with van der Waals surface area (Å²) in [5.74, 6) is 0.906. The Morgan fingerprint density at radius 2 is 2.21 bits per heavy atom. The van der Waals surface area contributed by atoms with Crippen LogP contribution in [0.3, 0.4) is 0 Å². The minimum Gasteiger partial charge on any atom is -0.310 e. The van der Waals surface area contributed by atoms with E-state index < -0.39 is 0 Å². The van der Waals surface area contributed by atoms with E-state index in [1.165, 1.54) is 43.2 Å². The Labute approximate surface area is 115 Å². The van der Waals surface area contributed by atoms with Gasteiger partial charge in [-0.3, -0.25) is 0 Å². The highest BCUT2D eigenvalue weighted by atomic mass is 15.2. The van der Waals surface area contributed by atoms with Crippen LogP contribution >= 0.6 is 0 Å². The van der Waals surface area contributed by atoms with Gasteiger partial charge in [-0.1, -0.05) is 25.8 Å². The van der Waals surface area contributed by atoms with Crippen molar-refractivity contribution in [1.82, 2.24) is 14.9 Å². The predicted octanol–water partition coefficient (Wildman–Crippen LogP) is 3.39. The lowest BCUT2D eigenvalue weighted by Crippen LogP contribution is -2.27. The van der Waals surface area contributed by atoms with Gasteiger partial charge in [-0.15, -0.1) is 0 Å². The van der Waals surface area contributed by atoms with Crippen molar-refractivity contribution in [2.45, 2.75) is 51.6 Å². The van der Waals surface area contributed by atoms with Crippen LogP contribution in [-0.2, 0) is 6.54 Å². The summed E-state index contributed by atoms with van der Waals surface area (Å²) < 4.78 is 1.95. The Morgan fingerprint density at radius 1 is 1.26 bits per heavy atom. The van der Waals surface area contributed by atoms with E-state index >= 15 is 0 Å². The van der Waals surface area contributed by atoms with Gasteiger partial charge in [-0.2, -0.15) is 5.10 Å². The molecular weight excluding hydrogens is 234 g/mol. The largest absolute Gasteiger partial charge is 0.310 e. The molecule has 2 heterocycles. The number of nitrogens with zero attached hydrogens (tertiary/aromatic N) is 2. The summed E-state index contributed by atoms with van der Waals surface area (Å²) in [4.78, 5) is 0. The van der Waals surface area contributed by atoms with Crippen molar-refractivity contribution in [3.63, 3.8) is 0 Å². The summed E-state index contributed by atoms with van der Waals surface area (Å²) in [5.41, 5.74) is 2.52. The lowest BCUT2D eigenvalue weighted by molar-refractivity contribution is 0.448. The Hall–Kier alpha value is -1.35. The molecule has 102 valence electrons. The van der Waals surface area contributed by atoms with Gasteiger partial charge in [0.05, 0.1) is 11.7 Å². The summed E-state index contributed by atoms with van der Waals surface area (Å²) in [6, 6.07) is 6.92. The Morgan fingerprint density at radius 3 is 3.16 bits per heavy atom. The van der Waals surface area contributed by atoms with Crippen molar-refractivity contribution >= 4 is 5.52 Å². The topological polar surface area (TPSA) is 29.3 Å². The lowest BCUT2D eigenvalue weighted by atomic mass is 10.0. The molecule has 1 aliphatic carbocycles. The maximum Gasteiger partial charge on any atom is 0.0706 e. The molecule has 0 radical (unpaired) electrons. The van der Waals surface area contributed by atoms with Crippen LogP contribution in [0.5, 0.6) is 0 Å². The van der Waals surface area contributed by atoms with Crippen molar-refractivity contribution < 1.29 is 0 Å². The summed E-state index contributed by atoms with van der Waals surface area (Å²) in [7, 11) is 0. The SMILES string of the molecule is CC1CCCC(NCc2cnn3ccccc23)CC1. The highest BCUT2D eigenvalue weighted by molar-refractivity contribution is 5.53. The highest BCUT2D eigenvalue weighted by Gasteiger charge is 2.16. The van der Waals surface area contributed by atoms with Gasteiger partial charge >= 0.3 is 0 Å². The number of aromatic nitrogens is 2. The quantitative estimate of drug-likeness (QED) is 0.854. The molecule has 2 unspecified atom stereocenters. The summed E-state index contributed by atoms with van der Waals surface area (Å²) in [6.45, 7) is 3.32. The fourth-order valence-corrected chi connectivity index (χ4v) is 3.07. The fraction of sp³-hybridized carbons (Fsp3) is 0.562. The molecule has 2 aromatic rings. The van der Waals surface area contributed by atoms with Crippen LogP contribution in [0.15, 0.2) is 30.6 Å². The van der Waals surface area contributed by atoms with Gasteiger partial charge in [0.2, 0.25) is 0 Å². The second-order valence-corrected chi connectivity index (χ2v) is 5.89. The number of fused-ring (bicyclic) bond motifs is 1. The standard InChI is InChI=1S/C16H23N3/c1-13-5-4-6-15(9-8-13)17-11-14-12-18-19-10-3-2-7-16(14)19/h2-3,7,10,12-13,15,17H,4-6,8-9,11H2,1H3. The van der Waals surface area contributed by atoms with Crippen molar-refractivity contribution in [2.75, 3.05) is 0 Å². The molecule has 0 aliphatic heterocycles. The first-order valence-corrected chi connectivity index (χ1v) is 7.47. The Balaban J connectivity index is 1.62. The summed E-state index contributed by atoms with van der Waals surface area (Å²) in [5, 5.41) is 8.11. The molecule has 0 spiro atoms. The smallest absolute Gasteiger partial charge is 0.0706 e. The lowest BCUT2D eigenvalue weighted by Gasteiger charge is -2.15. The monoisotopic (exact) mass is 257 g/mol. The molecule has 2 atom stereocenters. The molecular formula is C16H23N3. The van der Waals surface area contributed by atoms with Crippen LogP contribution in [0.25, 0.3) is 5.52 Å². The van der Waals surface area contributed by atoms with Gasteiger partial charge in [0.25, 0.3) is 0 Å². The zero-order valence-corrected chi connectivity index (χ0v) is 11.7. The molecule has 3 nitrogen and oxygen atoms in total. The van der Waals surface area contributed by atoms with Gasteiger partial charge in [-0.05, 0) is 37.3 Å². The van der Waals surface area contributed by atoms with Crippen LogP contribution in [-0.4, -0.2) is 15.7 Å². The normalized spacial score (nSPS) is 24.5. The van der Waals surface area contributed by atoms with E-state index in [9.17, 15) is 0 Å². The van der Waals surface area contributed by atoms with Crippen LogP contribution in [0.4, 0.5) is 0 Å². The third-order valence-electron chi connectivity index (χ3n) is 4.34. The second-order valence-electron chi connectivity index (χ2n) is 5.89. The van der Waals surface area contributed by atoms with E-state index in [1.54, 1.807) is 0 Å². The molecule has 0 amide bonds. The minimum atomic E-state index is 0.684. The van der Waals surface area contributed by atoms with Crippen LogP contribution < -0.4 is 5.32 Å². The Kier molecular flexibility index (Phi) is 3.83. The summed E-state index contributed by atoms with van der Waals surface area (Å²) >= 11 is 0. The number of hydrogen-bond donors (Lipinski definition) is 1. The second kappa shape index (κ2) is 5.74. The van der Waals surface area contributed by atoms with E-state index in [0.29, 0.717) is 6.04 Å². The maximum absolute atomic E-state index is 4.39. The minimum absolute atomic E-state index is 0.684. The molecule has 0 bridgehead atoms. The fourth-order valence-electron chi connectivity index (χ4n) is 3.07. The molecule has 3 rings (SSSR count).